The number of aliphatic hydroxyl groups excluding tert-OH is 1. The predicted molar refractivity (Wildman–Crippen MR) is 78.3 cm³/mol. The molecule has 0 heterocycles. The summed E-state index contributed by atoms with van der Waals surface area (Å²) in [5.41, 5.74) is 6.01. The van der Waals surface area contributed by atoms with Gasteiger partial charge in [-0.15, -0.1) is 0 Å². The van der Waals surface area contributed by atoms with Crippen molar-refractivity contribution in [3.8, 4) is 5.75 Å². The molecule has 0 saturated carbocycles. The second kappa shape index (κ2) is 8.55. The number of aliphatic hydroxyl groups is 1. The number of nitrogens with two attached hydrogens (primary N) is 1. The summed E-state index contributed by atoms with van der Waals surface area (Å²) >= 11 is 0. The molecule has 0 bridgehead atoms. The third-order valence-electron chi connectivity index (χ3n) is 2.88. The van der Waals surface area contributed by atoms with Crippen molar-refractivity contribution in [1.29, 1.82) is 0 Å². The van der Waals surface area contributed by atoms with Crippen molar-refractivity contribution < 1.29 is 14.6 Å². The Morgan fingerprint density at radius 1 is 1.35 bits per heavy atom. The third kappa shape index (κ3) is 6.54. The van der Waals surface area contributed by atoms with E-state index >= 15 is 0 Å². The highest BCUT2D eigenvalue weighted by atomic mass is 16.5. The maximum Gasteiger partial charge on any atom is 0.247 e. The largest absolute Gasteiger partial charge is 0.494 e. The summed E-state index contributed by atoms with van der Waals surface area (Å²) in [7, 11) is 0. The standard InChI is InChI=1S/C15H24N2O3/c1-11(2)7-8-20-13-5-3-12(4-6-13)9-17-10-14(18)15(16)19/h3-6,11,14,17-18H,7-10H2,1-2H3,(H2,16,19). The molecule has 1 amide bonds. The van der Waals surface area contributed by atoms with Crippen LogP contribution in [-0.2, 0) is 11.3 Å². The molecule has 0 saturated heterocycles. The number of carbonyl (C=O) groups excluding carboxylic acids is 1. The van der Waals surface area contributed by atoms with Crippen molar-refractivity contribution in [2.24, 2.45) is 11.7 Å². The van der Waals surface area contributed by atoms with Gasteiger partial charge >= 0.3 is 0 Å². The van der Waals surface area contributed by atoms with E-state index < -0.39 is 12.0 Å². The fourth-order valence-electron chi connectivity index (χ4n) is 1.57. The summed E-state index contributed by atoms with van der Waals surface area (Å²) in [6.45, 7) is 5.77. The average molecular weight is 280 g/mol. The highest BCUT2D eigenvalue weighted by Crippen LogP contribution is 2.13. The Kier molecular flexibility index (Phi) is 7.04. The molecule has 1 aromatic rings. The molecule has 0 aliphatic carbocycles. The molecule has 5 heteroatoms. The minimum atomic E-state index is -1.14. The van der Waals surface area contributed by atoms with Crippen LogP contribution in [0.4, 0.5) is 0 Å². The lowest BCUT2D eigenvalue weighted by molar-refractivity contribution is -0.125. The van der Waals surface area contributed by atoms with Crippen molar-refractivity contribution in [1.82, 2.24) is 5.32 Å². The van der Waals surface area contributed by atoms with E-state index in [1.165, 1.54) is 0 Å². The van der Waals surface area contributed by atoms with Gasteiger partial charge in [-0.2, -0.15) is 0 Å². The predicted octanol–water partition coefficient (Wildman–Crippen LogP) is 1.05. The molecule has 4 N–H and O–H groups in total. The zero-order valence-corrected chi connectivity index (χ0v) is 12.1. The van der Waals surface area contributed by atoms with Gasteiger partial charge in [-0.25, -0.2) is 0 Å². The highest BCUT2D eigenvalue weighted by molar-refractivity contribution is 5.78. The first-order chi connectivity index (χ1) is 9.49. The molecule has 0 spiro atoms. The quantitative estimate of drug-likeness (QED) is 0.631. The lowest BCUT2D eigenvalue weighted by Gasteiger charge is -2.10. The van der Waals surface area contributed by atoms with Crippen LogP contribution in [0.2, 0.25) is 0 Å². The van der Waals surface area contributed by atoms with Gasteiger partial charge in [-0.05, 0) is 30.0 Å². The molecule has 20 heavy (non-hydrogen) atoms. The summed E-state index contributed by atoms with van der Waals surface area (Å²) in [5, 5.41) is 12.2. The van der Waals surface area contributed by atoms with Crippen LogP contribution in [0.15, 0.2) is 24.3 Å². The number of nitrogens with one attached hydrogen (secondary N) is 1. The Bertz CT molecular complexity index is 404. The molecule has 1 rings (SSSR count). The number of hydrogen-bond donors (Lipinski definition) is 3. The van der Waals surface area contributed by atoms with Gasteiger partial charge < -0.3 is 20.9 Å². The van der Waals surface area contributed by atoms with Gasteiger partial charge in [-0.3, -0.25) is 4.79 Å². The molecular formula is C15H24N2O3. The van der Waals surface area contributed by atoms with E-state index in [1.54, 1.807) is 0 Å². The maximum atomic E-state index is 10.7. The number of primary amides is 1. The Hall–Kier alpha value is -1.59. The van der Waals surface area contributed by atoms with Crippen molar-refractivity contribution >= 4 is 5.91 Å². The van der Waals surface area contributed by atoms with Crippen LogP contribution in [0.1, 0.15) is 25.8 Å². The second-order valence-electron chi connectivity index (χ2n) is 5.22. The fraction of sp³-hybridized carbons (Fsp3) is 0.533. The summed E-state index contributed by atoms with van der Waals surface area (Å²) < 4.78 is 5.62. The first kappa shape index (κ1) is 16.5. The SMILES string of the molecule is CC(C)CCOc1ccc(CNCC(O)C(N)=O)cc1. The van der Waals surface area contributed by atoms with E-state index in [0.717, 1.165) is 24.3 Å². The lowest BCUT2D eigenvalue weighted by atomic mass is 10.1. The van der Waals surface area contributed by atoms with Crippen LogP contribution in [0.25, 0.3) is 0 Å². The monoisotopic (exact) mass is 280 g/mol. The van der Waals surface area contributed by atoms with E-state index in [4.69, 9.17) is 10.5 Å². The third-order valence-corrected chi connectivity index (χ3v) is 2.88. The molecule has 0 aliphatic heterocycles. The minimum absolute atomic E-state index is 0.155. The normalized spacial score (nSPS) is 12.4. The van der Waals surface area contributed by atoms with Crippen molar-refractivity contribution in [3.63, 3.8) is 0 Å². The molecule has 5 nitrogen and oxygen atoms in total. The number of benzene rings is 1. The molecule has 1 atom stereocenters. The molecule has 0 radical (unpaired) electrons. The molecular weight excluding hydrogens is 256 g/mol. The molecule has 1 aromatic carbocycles. The van der Waals surface area contributed by atoms with Gasteiger partial charge in [0.25, 0.3) is 0 Å². The van der Waals surface area contributed by atoms with Crippen LogP contribution in [0, 0.1) is 5.92 Å². The average Bonchev–Trinajstić information content (AvgIpc) is 2.40. The van der Waals surface area contributed by atoms with Crippen LogP contribution in [0.5, 0.6) is 5.75 Å². The summed E-state index contributed by atoms with van der Waals surface area (Å²) in [6, 6.07) is 7.74. The minimum Gasteiger partial charge on any atom is -0.494 e. The van der Waals surface area contributed by atoms with Crippen LogP contribution < -0.4 is 15.8 Å². The van der Waals surface area contributed by atoms with Crippen LogP contribution in [-0.4, -0.2) is 30.3 Å². The summed E-state index contributed by atoms with van der Waals surface area (Å²) in [6.07, 6.45) is -0.109. The van der Waals surface area contributed by atoms with Crippen LogP contribution >= 0.6 is 0 Å². The maximum absolute atomic E-state index is 10.7. The fourth-order valence-corrected chi connectivity index (χ4v) is 1.57. The van der Waals surface area contributed by atoms with Gasteiger partial charge in [0.2, 0.25) is 5.91 Å². The number of amides is 1. The number of ether oxygens (including phenoxy) is 1. The van der Waals surface area contributed by atoms with E-state index in [1.807, 2.05) is 24.3 Å². The molecule has 0 aliphatic rings. The van der Waals surface area contributed by atoms with E-state index in [-0.39, 0.29) is 6.54 Å². The van der Waals surface area contributed by atoms with Gasteiger partial charge in [0.05, 0.1) is 6.61 Å². The van der Waals surface area contributed by atoms with Crippen molar-refractivity contribution in [3.05, 3.63) is 29.8 Å². The van der Waals surface area contributed by atoms with Crippen molar-refractivity contribution in [2.45, 2.75) is 32.9 Å². The number of carbonyl (C=O) groups is 1. The molecule has 112 valence electrons. The Morgan fingerprint density at radius 2 is 2.00 bits per heavy atom. The Morgan fingerprint density at radius 3 is 2.55 bits per heavy atom. The Labute approximate surface area is 120 Å². The number of rotatable bonds is 9. The Balaban J connectivity index is 2.29. The first-order valence-corrected chi connectivity index (χ1v) is 6.89. The zero-order chi connectivity index (χ0) is 15.0. The van der Waals surface area contributed by atoms with Crippen LogP contribution in [0.3, 0.4) is 0 Å². The molecule has 0 aromatic heterocycles. The molecule has 1 unspecified atom stereocenters. The van der Waals surface area contributed by atoms with E-state index in [2.05, 4.69) is 19.2 Å². The highest BCUT2D eigenvalue weighted by Gasteiger charge is 2.09. The van der Waals surface area contributed by atoms with Gasteiger partial charge in [-0.1, -0.05) is 26.0 Å². The van der Waals surface area contributed by atoms with Gasteiger partial charge in [0.15, 0.2) is 0 Å². The molecule has 0 fully saturated rings. The first-order valence-electron chi connectivity index (χ1n) is 6.89. The van der Waals surface area contributed by atoms with Gasteiger partial charge in [0, 0.05) is 13.1 Å². The van der Waals surface area contributed by atoms with Crippen molar-refractivity contribution in [2.75, 3.05) is 13.2 Å². The van der Waals surface area contributed by atoms with E-state index in [0.29, 0.717) is 12.5 Å². The summed E-state index contributed by atoms with van der Waals surface area (Å²) in [5.74, 6) is 0.771. The lowest BCUT2D eigenvalue weighted by Crippen LogP contribution is -2.37. The topological polar surface area (TPSA) is 84.6 Å². The zero-order valence-electron chi connectivity index (χ0n) is 12.1. The smallest absolute Gasteiger partial charge is 0.247 e. The van der Waals surface area contributed by atoms with Gasteiger partial charge in [0.1, 0.15) is 11.9 Å². The number of hydrogen-bond acceptors (Lipinski definition) is 4. The second-order valence-corrected chi connectivity index (χ2v) is 5.22. The summed E-state index contributed by atoms with van der Waals surface area (Å²) in [4.78, 5) is 10.7. The van der Waals surface area contributed by atoms with E-state index in [9.17, 15) is 9.90 Å².